The van der Waals surface area contributed by atoms with Crippen LogP contribution < -0.4 is 20.9 Å². The van der Waals surface area contributed by atoms with Gasteiger partial charge in [0.2, 0.25) is 0 Å². The number of hydrogen-bond donors (Lipinski definition) is 2. The van der Waals surface area contributed by atoms with Crippen molar-refractivity contribution in [1.82, 2.24) is 9.97 Å². The zero-order valence-electron chi connectivity index (χ0n) is 17.8. The first-order valence-electron chi connectivity index (χ1n) is 10.1. The summed E-state index contributed by atoms with van der Waals surface area (Å²) in [5.41, 5.74) is 14.6. The van der Waals surface area contributed by atoms with Crippen molar-refractivity contribution in [3.8, 4) is 22.9 Å². The lowest BCUT2D eigenvalue weighted by molar-refractivity contribution is 0.147. The predicted octanol–water partition coefficient (Wildman–Crippen LogP) is 4.86. The first-order valence-corrected chi connectivity index (χ1v) is 10.5. The molecule has 170 valence electrons. The number of nitrogens with zero attached hydrogens (tertiary/aromatic N) is 2. The van der Waals surface area contributed by atoms with Crippen molar-refractivity contribution in [3.05, 3.63) is 71.0 Å². The van der Waals surface area contributed by atoms with Crippen LogP contribution in [0.5, 0.6) is 11.5 Å². The molecule has 0 spiro atoms. The maximum absolute atomic E-state index is 13.4. The minimum absolute atomic E-state index is 0.184. The zero-order valence-corrected chi connectivity index (χ0v) is 18.6. The van der Waals surface area contributed by atoms with E-state index >= 15 is 0 Å². The number of hydrogen-bond acceptors (Lipinski definition) is 7. The fourth-order valence-electron chi connectivity index (χ4n) is 3.23. The number of halogens is 2. The lowest BCUT2D eigenvalue weighted by Crippen LogP contribution is -2.06. The van der Waals surface area contributed by atoms with Crippen LogP contribution in [0.15, 0.2) is 54.6 Å². The summed E-state index contributed by atoms with van der Waals surface area (Å²) in [5, 5.41) is 0.989. The molecule has 0 saturated heterocycles. The number of aromatic nitrogens is 2. The van der Waals surface area contributed by atoms with E-state index in [1.54, 1.807) is 49.6 Å². The Morgan fingerprint density at radius 1 is 0.939 bits per heavy atom. The van der Waals surface area contributed by atoms with Gasteiger partial charge in [0, 0.05) is 24.1 Å². The van der Waals surface area contributed by atoms with Crippen LogP contribution in [0.2, 0.25) is 5.02 Å². The van der Waals surface area contributed by atoms with Crippen molar-refractivity contribution in [2.24, 2.45) is 0 Å². The van der Waals surface area contributed by atoms with E-state index in [0.29, 0.717) is 63.3 Å². The highest BCUT2D eigenvalue weighted by Crippen LogP contribution is 2.33. The van der Waals surface area contributed by atoms with E-state index in [1.807, 2.05) is 0 Å². The standard InChI is InChI=1S/C24H22ClFN4O3/c1-31-7-8-32-22-12-20-17(11-19(22)27)23(28)30-24(29-20)15-5-6-21(18(25)10-15)33-13-14-3-2-4-16(26)9-14/h2-6,9-12H,7-8,13,27H2,1H3,(H2,28,29,30). The Hall–Kier alpha value is -3.62. The fourth-order valence-corrected chi connectivity index (χ4v) is 3.47. The molecule has 1 aromatic heterocycles. The van der Waals surface area contributed by atoms with Crippen molar-refractivity contribution >= 4 is 34.0 Å². The van der Waals surface area contributed by atoms with Gasteiger partial charge in [-0.05, 0) is 42.0 Å². The molecule has 0 saturated carbocycles. The molecule has 3 aromatic carbocycles. The van der Waals surface area contributed by atoms with Crippen molar-refractivity contribution in [2.45, 2.75) is 6.61 Å². The van der Waals surface area contributed by atoms with E-state index in [0.717, 1.165) is 0 Å². The van der Waals surface area contributed by atoms with Gasteiger partial charge in [-0.2, -0.15) is 0 Å². The molecule has 0 aliphatic carbocycles. The van der Waals surface area contributed by atoms with Crippen LogP contribution in [0, 0.1) is 5.82 Å². The first-order chi connectivity index (χ1) is 15.9. The van der Waals surface area contributed by atoms with Gasteiger partial charge in [-0.15, -0.1) is 0 Å². The van der Waals surface area contributed by atoms with Gasteiger partial charge in [0.05, 0.1) is 22.8 Å². The van der Waals surface area contributed by atoms with Gasteiger partial charge in [-0.3, -0.25) is 0 Å². The molecule has 0 amide bonds. The Bertz CT molecular complexity index is 1300. The SMILES string of the molecule is COCCOc1cc2nc(-c3ccc(OCc4cccc(F)c4)c(Cl)c3)nc(N)c2cc1N. The molecule has 0 atom stereocenters. The summed E-state index contributed by atoms with van der Waals surface area (Å²) in [6.07, 6.45) is 0. The number of rotatable bonds is 8. The number of fused-ring (bicyclic) bond motifs is 1. The van der Waals surface area contributed by atoms with Crippen LogP contribution in [0.3, 0.4) is 0 Å². The van der Waals surface area contributed by atoms with Crippen LogP contribution >= 0.6 is 11.6 Å². The summed E-state index contributed by atoms with van der Waals surface area (Å²) in [7, 11) is 1.59. The molecule has 0 aliphatic rings. The van der Waals surface area contributed by atoms with E-state index in [2.05, 4.69) is 9.97 Å². The molecule has 4 rings (SSSR count). The molecule has 4 N–H and O–H groups in total. The molecule has 0 radical (unpaired) electrons. The molecule has 9 heteroatoms. The number of anilines is 2. The van der Waals surface area contributed by atoms with Crippen LogP contribution in [0.25, 0.3) is 22.3 Å². The average Bonchev–Trinajstić information content (AvgIpc) is 2.79. The van der Waals surface area contributed by atoms with E-state index in [-0.39, 0.29) is 18.2 Å². The van der Waals surface area contributed by atoms with Gasteiger partial charge in [-0.25, -0.2) is 14.4 Å². The number of ether oxygens (including phenoxy) is 3. The van der Waals surface area contributed by atoms with Crippen LogP contribution in [-0.4, -0.2) is 30.3 Å². The van der Waals surface area contributed by atoms with Crippen LogP contribution in [0.1, 0.15) is 5.56 Å². The number of nitrogen functional groups attached to an aromatic ring is 2. The quantitative estimate of drug-likeness (QED) is 0.281. The van der Waals surface area contributed by atoms with E-state index in [1.165, 1.54) is 12.1 Å². The lowest BCUT2D eigenvalue weighted by Gasteiger charge is -2.12. The van der Waals surface area contributed by atoms with Gasteiger partial charge in [-0.1, -0.05) is 23.7 Å². The molecular formula is C24H22ClFN4O3. The molecule has 1 heterocycles. The lowest BCUT2D eigenvalue weighted by atomic mass is 10.1. The smallest absolute Gasteiger partial charge is 0.162 e. The number of nitrogens with two attached hydrogens (primary N) is 2. The van der Waals surface area contributed by atoms with Crippen molar-refractivity contribution < 1.29 is 18.6 Å². The molecule has 7 nitrogen and oxygen atoms in total. The molecule has 33 heavy (non-hydrogen) atoms. The van der Waals surface area contributed by atoms with Crippen molar-refractivity contribution in [2.75, 3.05) is 31.8 Å². The normalized spacial score (nSPS) is 11.0. The third-order valence-corrected chi connectivity index (χ3v) is 5.17. The van der Waals surface area contributed by atoms with Gasteiger partial charge in [0.1, 0.15) is 36.3 Å². The molecular weight excluding hydrogens is 447 g/mol. The van der Waals surface area contributed by atoms with E-state index in [9.17, 15) is 4.39 Å². The Kier molecular flexibility index (Phi) is 6.76. The maximum Gasteiger partial charge on any atom is 0.162 e. The first kappa shape index (κ1) is 22.6. The molecule has 0 bridgehead atoms. The monoisotopic (exact) mass is 468 g/mol. The highest BCUT2D eigenvalue weighted by atomic mass is 35.5. The Morgan fingerprint density at radius 3 is 2.55 bits per heavy atom. The van der Waals surface area contributed by atoms with Gasteiger partial charge < -0.3 is 25.7 Å². The minimum Gasteiger partial charge on any atom is -0.489 e. The molecule has 4 aromatic rings. The summed E-state index contributed by atoms with van der Waals surface area (Å²) in [4.78, 5) is 9.01. The van der Waals surface area contributed by atoms with Gasteiger partial charge >= 0.3 is 0 Å². The zero-order chi connectivity index (χ0) is 23.4. The summed E-state index contributed by atoms with van der Waals surface area (Å²) in [5.74, 6) is 1.30. The Labute approximate surface area is 195 Å². The van der Waals surface area contributed by atoms with E-state index in [4.69, 9.17) is 37.3 Å². The highest BCUT2D eigenvalue weighted by Gasteiger charge is 2.13. The third kappa shape index (κ3) is 5.24. The maximum atomic E-state index is 13.4. The molecule has 0 aliphatic heterocycles. The van der Waals surface area contributed by atoms with E-state index < -0.39 is 0 Å². The van der Waals surface area contributed by atoms with Gasteiger partial charge in [0.25, 0.3) is 0 Å². The molecule has 0 fully saturated rings. The predicted molar refractivity (Wildman–Crippen MR) is 127 cm³/mol. The Morgan fingerprint density at radius 2 is 1.79 bits per heavy atom. The largest absolute Gasteiger partial charge is 0.489 e. The summed E-state index contributed by atoms with van der Waals surface area (Å²) >= 11 is 6.42. The van der Waals surface area contributed by atoms with Crippen molar-refractivity contribution in [3.63, 3.8) is 0 Å². The Balaban J connectivity index is 1.59. The van der Waals surface area contributed by atoms with Crippen LogP contribution in [0.4, 0.5) is 15.9 Å². The third-order valence-electron chi connectivity index (χ3n) is 4.88. The fraction of sp³-hybridized carbons (Fsp3) is 0.167. The second kappa shape index (κ2) is 9.89. The summed E-state index contributed by atoms with van der Waals surface area (Å²) < 4.78 is 29.8. The number of methoxy groups -OCH3 is 1. The topological polar surface area (TPSA) is 106 Å². The minimum atomic E-state index is -0.322. The van der Waals surface area contributed by atoms with Crippen LogP contribution in [-0.2, 0) is 11.3 Å². The highest BCUT2D eigenvalue weighted by molar-refractivity contribution is 6.32. The second-order valence-corrected chi connectivity index (χ2v) is 7.65. The number of benzene rings is 3. The molecule has 0 unspecified atom stereocenters. The van der Waals surface area contributed by atoms with Gasteiger partial charge in [0.15, 0.2) is 5.82 Å². The average molecular weight is 469 g/mol. The summed E-state index contributed by atoms with van der Waals surface area (Å²) in [6.45, 7) is 0.969. The summed E-state index contributed by atoms with van der Waals surface area (Å²) in [6, 6.07) is 14.8. The second-order valence-electron chi connectivity index (χ2n) is 7.24. The van der Waals surface area contributed by atoms with Crippen molar-refractivity contribution in [1.29, 1.82) is 0 Å².